The van der Waals surface area contributed by atoms with Crippen molar-refractivity contribution in [2.75, 3.05) is 21.3 Å². The number of hydrogen-bond donors (Lipinski definition) is 10. The highest BCUT2D eigenvalue weighted by Gasteiger charge is 2.29. The van der Waals surface area contributed by atoms with Crippen LogP contribution < -0.4 is 57.1 Å². The fraction of sp³-hybridized carbons (Fsp3) is 0.344. The van der Waals surface area contributed by atoms with E-state index < -0.39 is 48.2 Å². The highest BCUT2D eigenvalue weighted by atomic mass is 32.2. The number of ether oxygens (including phenoxy) is 1. The summed E-state index contributed by atoms with van der Waals surface area (Å²) >= 11 is 2.62. The van der Waals surface area contributed by atoms with Gasteiger partial charge in [0.05, 0.1) is 24.5 Å². The van der Waals surface area contributed by atoms with E-state index in [0.717, 1.165) is 11.1 Å². The molecule has 0 aliphatic rings. The number of nitro groups is 1. The maximum Gasteiger partial charge on any atom is 0.417 e. The van der Waals surface area contributed by atoms with E-state index >= 15 is 0 Å². The minimum absolute atomic E-state index is 0. The number of carbonyl (C=O) groups excluding carboxylic acids is 4. The Kier molecular flexibility index (Phi) is 26.0. The number of rotatable bonds is 17. The second-order valence-corrected chi connectivity index (χ2v) is 28.5. The summed E-state index contributed by atoms with van der Waals surface area (Å²) in [5.74, 6) is 0.0665. The molecule has 2 heterocycles. The highest BCUT2D eigenvalue weighted by Crippen LogP contribution is 2.39. The largest absolute Gasteiger partial charge is 0.417 e. The van der Waals surface area contributed by atoms with Gasteiger partial charge in [-0.25, -0.2) is 55.4 Å². The lowest BCUT2D eigenvalue weighted by atomic mass is 10.1. The van der Waals surface area contributed by atoms with Crippen LogP contribution in [0.4, 0.5) is 47.6 Å². The first-order valence-corrected chi connectivity index (χ1v) is 32.3. The Labute approximate surface area is 529 Å². The lowest BCUT2D eigenvalue weighted by Gasteiger charge is -2.22. The molecule has 0 saturated carbocycles. The second kappa shape index (κ2) is 31.7. The van der Waals surface area contributed by atoms with Crippen LogP contribution in [0.15, 0.2) is 131 Å². The molecule has 0 fully saturated rings. The van der Waals surface area contributed by atoms with Crippen molar-refractivity contribution < 1.29 is 45.7 Å². The molecule has 7 amide bonds. The molecule has 7 aromatic rings. The summed E-state index contributed by atoms with van der Waals surface area (Å²) in [6, 6.07) is 27.7. The van der Waals surface area contributed by atoms with E-state index in [1.807, 2.05) is 67.5 Å². The SMILES string of the molecule is C.CC(C)N.CC(C)NC(=O)Nc1ccc(-c2ncc(-c3ccc(NC(=O)NC(C)C)cc3S(=O)(=O)NC(C)(C)C)s2)cc1.CC(C)NC(=O)Nc1ccc(-c2ncc(-c3ccc(NC(=O)Oc4ccc([N+](=O)[O-])cc4)cc3S(=O)(=O)NC(C)(C)C)s2)cc1. The van der Waals surface area contributed by atoms with E-state index in [1.165, 1.54) is 65.1 Å². The van der Waals surface area contributed by atoms with Gasteiger partial charge in [-0.05, 0) is 174 Å². The van der Waals surface area contributed by atoms with Gasteiger partial charge in [0.25, 0.3) is 5.69 Å². The highest BCUT2D eigenvalue weighted by molar-refractivity contribution is 7.90. The minimum atomic E-state index is -4.08. The molecule has 0 unspecified atom stereocenters. The Bertz CT molecular complexity index is 3780. The van der Waals surface area contributed by atoms with Crippen LogP contribution in [0.25, 0.3) is 42.0 Å². The molecule has 24 nitrogen and oxygen atoms in total. The third kappa shape index (κ3) is 23.9. The van der Waals surface area contributed by atoms with Crippen LogP contribution in [0.5, 0.6) is 5.75 Å². The zero-order chi connectivity index (χ0) is 65.5. The van der Waals surface area contributed by atoms with Gasteiger partial charge in [0, 0.05) is 98.7 Å². The average molecular weight is 1300 g/mol. The smallest absolute Gasteiger partial charge is 0.410 e. The molecule has 480 valence electrons. The summed E-state index contributed by atoms with van der Waals surface area (Å²) in [6.45, 7) is 25.5. The number of anilines is 4. The van der Waals surface area contributed by atoms with E-state index in [2.05, 4.69) is 56.6 Å². The number of urea groups is 3. The summed E-state index contributed by atoms with van der Waals surface area (Å²) in [4.78, 5) is 69.2. The average Bonchev–Trinajstić information content (AvgIpc) is 2.01. The molecular formula is C61H81N13O11S4. The number of nitrogens with zero attached hydrogens (tertiary/aromatic N) is 3. The zero-order valence-electron chi connectivity index (χ0n) is 51.4. The fourth-order valence-corrected chi connectivity index (χ4v) is 13.0. The molecular weight excluding hydrogens is 1220 g/mol. The molecule has 2 aromatic heterocycles. The van der Waals surface area contributed by atoms with Crippen molar-refractivity contribution in [3.05, 3.63) is 132 Å². The molecule has 0 bridgehead atoms. The number of amides is 7. The quantitative estimate of drug-likeness (QED) is 0.0299. The number of hydrogen-bond acceptors (Lipinski definition) is 16. The first kappa shape index (κ1) is 73.1. The molecule has 0 saturated heterocycles. The number of nitrogens with one attached hydrogen (secondary N) is 9. The topological polar surface area (TPSA) is 349 Å². The van der Waals surface area contributed by atoms with E-state index in [-0.39, 0.29) is 64.5 Å². The van der Waals surface area contributed by atoms with Crippen LogP contribution in [-0.2, 0) is 20.0 Å². The van der Waals surface area contributed by atoms with Gasteiger partial charge in [0.1, 0.15) is 15.8 Å². The molecule has 0 atom stereocenters. The van der Waals surface area contributed by atoms with E-state index in [9.17, 15) is 46.1 Å². The van der Waals surface area contributed by atoms with Crippen molar-refractivity contribution >= 4 is 95.3 Å². The van der Waals surface area contributed by atoms with Gasteiger partial charge in [-0.2, -0.15) is 0 Å². The first-order valence-electron chi connectivity index (χ1n) is 27.7. The molecule has 0 aliphatic heterocycles. The van der Waals surface area contributed by atoms with Crippen molar-refractivity contribution in [1.29, 1.82) is 0 Å². The predicted molar refractivity (Wildman–Crippen MR) is 357 cm³/mol. The number of non-ortho nitro benzene ring substituents is 1. The molecule has 89 heavy (non-hydrogen) atoms. The third-order valence-electron chi connectivity index (χ3n) is 10.8. The van der Waals surface area contributed by atoms with Crippen LogP contribution in [0.1, 0.15) is 104 Å². The van der Waals surface area contributed by atoms with Gasteiger partial charge >= 0.3 is 24.2 Å². The van der Waals surface area contributed by atoms with Crippen molar-refractivity contribution in [1.82, 2.24) is 35.4 Å². The summed E-state index contributed by atoms with van der Waals surface area (Å²) in [5, 5.41) is 31.2. The van der Waals surface area contributed by atoms with Gasteiger partial charge in [0.15, 0.2) is 0 Å². The van der Waals surface area contributed by atoms with Gasteiger partial charge in [-0.15, -0.1) is 22.7 Å². The first-order chi connectivity index (χ1) is 40.9. The number of aromatic nitrogens is 2. The zero-order valence-corrected chi connectivity index (χ0v) is 54.7. The van der Waals surface area contributed by atoms with Crippen molar-refractivity contribution in [3.8, 4) is 47.8 Å². The normalized spacial score (nSPS) is 11.5. The maximum atomic E-state index is 13.6. The number of nitrogens with two attached hydrogens (primary N) is 1. The number of nitro benzene ring substituents is 1. The van der Waals surface area contributed by atoms with Gasteiger partial charge in [-0.1, -0.05) is 33.4 Å². The lowest BCUT2D eigenvalue weighted by molar-refractivity contribution is -0.384. The summed E-state index contributed by atoms with van der Waals surface area (Å²) < 4.78 is 64.5. The molecule has 0 radical (unpaired) electrons. The van der Waals surface area contributed by atoms with Crippen LogP contribution >= 0.6 is 22.7 Å². The van der Waals surface area contributed by atoms with E-state index in [4.69, 9.17) is 10.5 Å². The summed E-state index contributed by atoms with van der Waals surface area (Å²) in [5.41, 5.74) is 7.60. The summed E-state index contributed by atoms with van der Waals surface area (Å²) in [6.07, 6.45) is 2.29. The Morgan fingerprint density at radius 2 is 0.854 bits per heavy atom. The van der Waals surface area contributed by atoms with Crippen molar-refractivity contribution in [3.63, 3.8) is 0 Å². The Morgan fingerprint density at radius 3 is 1.18 bits per heavy atom. The fourth-order valence-electron chi connectivity index (χ4n) is 7.60. The molecule has 7 rings (SSSR count). The molecule has 0 spiro atoms. The lowest BCUT2D eigenvalue weighted by Crippen LogP contribution is -2.40. The van der Waals surface area contributed by atoms with Crippen LogP contribution in [0.2, 0.25) is 0 Å². The van der Waals surface area contributed by atoms with Gasteiger partial charge < -0.3 is 42.4 Å². The maximum absolute atomic E-state index is 13.6. The van der Waals surface area contributed by atoms with Gasteiger partial charge in [0.2, 0.25) is 20.0 Å². The van der Waals surface area contributed by atoms with Gasteiger partial charge in [-0.3, -0.25) is 15.4 Å². The van der Waals surface area contributed by atoms with Crippen LogP contribution in [0.3, 0.4) is 0 Å². The molecule has 11 N–H and O–H groups in total. The Balaban J connectivity index is 0.000000358. The van der Waals surface area contributed by atoms with E-state index in [1.54, 1.807) is 109 Å². The number of benzene rings is 5. The Hall–Kier alpha value is -8.38. The van der Waals surface area contributed by atoms with Crippen LogP contribution in [0, 0.1) is 10.1 Å². The third-order valence-corrected chi connectivity index (χ3v) is 16.5. The summed E-state index contributed by atoms with van der Waals surface area (Å²) in [7, 11) is -8.03. The second-order valence-electron chi connectivity index (χ2n) is 23.1. The minimum Gasteiger partial charge on any atom is -0.410 e. The van der Waals surface area contributed by atoms with Crippen molar-refractivity contribution in [2.24, 2.45) is 5.73 Å². The van der Waals surface area contributed by atoms with Crippen molar-refractivity contribution in [2.45, 2.75) is 149 Å². The monoisotopic (exact) mass is 1300 g/mol. The Morgan fingerprint density at radius 1 is 0.528 bits per heavy atom. The number of carbonyl (C=O) groups is 4. The molecule has 28 heteroatoms. The molecule has 0 aliphatic carbocycles. The number of sulfonamides is 2. The standard InChI is InChI=1S/C30H32N6O7S2.C27H36N6O4S2.C3H9N.CH4/c1-18(2)32-28(37)33-20-8-6-19(7-9-20)27-31-17-25(44-27)24-15-10-21(16-26(24)45(41,42)35-30(3,4)5)34-29(38)43-23-13-11-22(12-14-23)36(39)40;1-16(2)29-25(34)31-19-10-8-18(9-11-19)24-28-15-22(38-24)21-13-12-20(32-26(35)30-17(3)4)14-23(21)39(36,37)33-27(5,6)7;1-3(2)4;/h6-18,35H,1-5H3,(H,34,38)(H2,32,33,37);8-17,33H,1-7H3,(H2,29,31,34)(H2,30,32,35);3H,4H2,1-2H3;1H4. The van der Waals surface area contributed by atoms with E-state index in [0.29, 0.717) is 54.0 Å². The van der Waals surface area contributed by atoms with Crippen LogP contribution in [-0.4, -0.2) is 91.2 Å². The number of thiazole rings is 2. The molecule has 5 aromatic carbocycles. The predicted octanol–water partition coefficient (Wildman–Crippen LogP) is 13.2.